The lowest BCUT2D eigenvalue weighted by molar-refractivity contribution is 0.00937. The van der Waals surface area contributed by atoms with Gasteiger partial charge in [-0.2, -0.15) is 5.10 Å². The first-order chi connectivity index (χ1) is 6.87. The zero-order valence-corrected chi connectivity index (χ0v) is 11.2. The van der Waals surface area contributed by atoms with Gasteiger partial charge in [0.15, 0.2) is 0 Å². The molecule has 0 saturated heterocycles. The van der Waals surface area contributed by atoms with Crippen molar-refractivity contribution in [3.8, 4) is 0 Å². The standard InChI is InChI=1S/C10H18BrN3O/c1-10(2,15-4)5-8(12)9-7(11)6-13-14(9)3/h6,8H,5,12H2,1-4H3. The van der Waals surface area contributed by atoms with E-state index in [1.807, 2.05) is 20.9 Å². The molecule has 15 heavy (non-hydrogen) atoms. The number of methoxy groups -OCH3 is 1. The maximum absolute atomic E-state index is 6.13. The molecule has 0 fully saturated rings. The third-order valence-electron chi connectivity index (χ3n) is 2.55. The van der Waals surface area contributed by atoms with Crippen LogP contribution in [0.4, 0.5) is 0 Å². The fraction of sp³-hybridized carbons (Fsp3) is 0.700. The molecule has 0 aromatic carbocycles. The number of aryl methyl sites for hydroxylation is 1. The highest BCUT2D eigenvalue weighted by Crippen LogP contribution is 2.28. The molecule has 0 aliphatic heterocycles. The van der Waals surface area contributed by atoms with E-state index in [4.69, 9.17) is 10.5 Å². The first kappa shape index (κ1) is 12.7. The third-order valence-corrected chi connectivity index (χ3v) is 3.16. The number of ether oxygens (including phenoxy) is 1. The van der Waals surface area contributed by atoms with Gasteiger partial charge >= 0.3 is 0 Å². The predicted molar refractivity (Wildman–Crippen MR) is 63.5 cm³/mol. The molecule has 0 saturated carbocycles. The minimum absolute atomic E-state index is 0.0816. The van der Waals surface area contributed by atoms with Crippen molar-refractivity contribution in [1.82, 2.24) is 9.78 Å². The van der Waals surface area contributed by atoms with Gasteiger partial charge in [0, 0.05) is 14.2 Å². The Hall–Kier alpha value is -0.390. The monoisotopic (exact) mass is 275 g/mol. The zero-order chi connectivity index (χ0) is 11.6. The van der Waals surface area contributed by atoms with Crippen LogP contribution >= 0.6 is 15.9 Å². The fourth-order valence-corrected chi connectivity index (χ4v) is 2.19. The summed E-state index contributed by atoms with van der Waals surface area (Å²) in [5, 5.41) is 4.14. The van der Waals surface area contributed by atoms with Gasteiger partial charge in [-0.3, -0.25) is 4.68 Å². The van der Waals surface area contributed by atoms with Gasteiger partial charge in [-0.25, -0.2) is 0 Å². The number of halogens is 1. The molecule has 86 valence electrons. The molecule has 1 aromatic rings. The summed E-state index contributed by atoms with van der Waals surface area (Å²) in [6.45, 7) is 4.05. The van der Waals surface area contributed by atoms with Crippen LogP contribution in [0.25, 0.3) is 0 Å². The van der Waals surface area contributed by atoms with E-state index in [9.17, 15) is 0 Å². The summed E-state index contributed by atoms with van der Waals surface area (Å²) < 4.78 is 8.10. The Labute approximate surface area is 98.9 Å². The van der Waals surface area contributed by atoms with Crippen molar-refractivity contribution in [2.45, 2.75) is 31.9 Å². The van der Waals surface area contributed by atoms with Gasteiger partial charge in [-0.15, -0.1) is 0 Å². The van der Waals surface area contributed by atoms with Crippen LogP contribution in [0.1, 0.15) is 32.0 Å². The summed E-state index contributed by atoms with van der Waals surface area (Å²) in [7, 11) is 3.59. The molecule has 0 bridgehead atoms. The maximum atomic E-state index is 6.13. The minimum Gasteiger partial charge on any atom is -0.379 e. The van der Waals surface area contributed by atoms with Crippen molar-refractivity contribution >= 4 is 15.9 Å². The molecular weight excluding hydrogens is 258 g/mol. The largest absolute Gasteiger partial charge is 0.379 e. The van der Waals surface area contributed by atoms with Crippen LogP contribution in [0.15, 0.2) is 10.7 Å². The highest BCUT2D eigenvalue weighted by Gasteiger charge is 2.24. The molecule has 1 rings (SSSR count). The number of aromatic nitrogens is 2. The van der Waals surface area contributed by atoms with Crippen molar-refractivity contribution in [2.24, 2.45) is 12.8 Å². The average Bonchev–Trinajstić information content (AvgIpc) is 2.45. The Morgan fingerprint density at radius 1 is 1.67 bits per heavy atom. The second-order valence-corrected chi connectivity index (χ2v) is 5.13. The second kappa shape index (κ2) is 4.63. The molecule has 5 heteroatoms. The molecule has 1 unspecified atom stereocenters. The first-order valence-electron chi connectivity index (χ1n) is 4.85. The van der Waals surface area contributed by atoms with Gasteiger partial charge in [0.1, 0.15) is 0 Å². The van der Waals surface area contributed by atoms with Crippen LogP contribution in [0.5, 0.6) is 0 Å². The van der Waals surface area contributed by atoms with Crippen LogP contribution in [0.3, 0.4) is 0 Å². The molecule has 1 aromatic heterocycles. The molecule has 0 amide bonds. The highest BCUT2D eigenvalue weighted by atomic mass is 79.9. The molecule has 2 N–H and O–H groups in total. The Bertz CT molecular complexity index is 316. The molecule has 4 nitrogen and oxygen atoms in total. The molecule has 0 aliphatic carbocycles. The van der Waals surface area contributed by atoms with Gasteiger partial charge < -0.3 is 10.5 Å². The number of rotatable bonds is 4. The van der Waals surface area contributed by atoms with Gasteiger partial charge in [0.25, 0.3) is 0 Å². The minimum atomic E-state index is -0.219. The van der Waals surface area contributed by atoms with Crippen molar-refractivity contribution in [3.63, 3.8) is 0 Å². The number of nitrogens with two attached hydrogens (primary N) is 1. The van der Waals surface area contributed by atoms with Crippen LogP contribution in [-0.2, 0) is 11.8 Å². The van der Waals surface area contributed by atoms with Crippen LogP contribution < -0.4 is 5.73 Å². The summed E-state index contributed by atoms with van der Waals surface area (Å²) >= 11 is 3.44. The summed E-state index contributed by atoms with van der Waals surface area (Å²) in [6.07, 6.45) is 2.51. The lowest BCUT2D eigenvalue weighted by Gasteiger charge is -2.26. The summed E-state index contributed by atoms with van der Waals surface area (Å²) in [5.74, 6) is 0. The van der Waals surface area contributed by atoms with E-state index < -0.39 is 0 Å². The average molecular weight is 276 g/mol. The molecule has 1 heterocycles. The van der Waals surface area contributed by atoms with Gasteiger partial charge in [0.2, 0.25) is 0 Å². The van der Waals surface area contributed by atoms with E-state index in [0.29, 0.717) is 0 Å². The number of hydrogen-bond acceptors (Lipinski definition) is 3. The number of hydrogen-bond donors (Lipinski definition) is 1. The van der Waals surface area contributed by atoms with Crippen LogP contribution in [0, 0.1) is 0 Å². The first-order valence-corrected chi connectivity index (χ1v) is 5.65. The summed E-state index contributed by atoms with van der Waals surface area (Å²) in [4.78, 5) is 0. The van der Waals surface area contributed by atoms with Crippen molar-refractivity contribution in [1.29, 1.82) is 0 Å². The van der Waals surface area contributed by atoms with Crippen molar-refractivity contribution < 1.29 is 4.74 Å². The summed E-state index contributed by atoms with van der Waals surface area (Å²) in [5.41, 5.74) is 6.91. The quantitative estimate of drug-likeness (QED) is 0.915. The zero-order valence-electron chi connectivity index (χ0n) is 9.62. The lowest BCUT2D eigenvalue weighted by atomic mass is 9.97. The van der Waals surface area contributed by atoms with E-state index in [1.54, 1.807) is 18.0 Å². The predicted octanol–water partition coefficient (Wildman–Crippen LogP) is 2.00. The highest BCUT2D eigenvalue weighted by molar-refractivity contribution is 9.10. The van der Waals surface area contributed by atoms with E-state index in [1.165, 1.54) is 0 Å². The Balaban J connectivity index is 2.82. The molecule has 1 atom stereocenters. The maximum Gasteiger partial charge on any atom is 0.0691 e. The van der Waals surface area contributed by atoms with Crippen molar-refractivity contribution in [2.75, 3.05) is 7.11 Å². The van der Waals surface area contributed by atoms with Gasteiger partial charge in [-0.1, -0.05) is 0 Å². The van der Waals surface area contributed by atoms with Crippen LogP contribution in [-0.4, -0.2) is 22.5 Å². The van der Waals surface area contributed by atoms with E-state index in [2.05, 4.69) is 21.0 Å². The lowest BCUT2D eigenvalue weighted by Crippen LogP contribution is -2.29. The van der Waals surface area contributed by atoms with Gasteiger partial charge in [-0.05, 0) is 36.2 Å². The third kappa shape index (κ3) is 3.03. The van der Waals surface area contributed by atoms with E-state index >= 15 is 0 Å². The normalized spacial score (nSPS) is 14.3. The number of nitrogens with zero attached hydrogens (tertiary/aromatic N) is 2. The molecule has 0 spiro atoms. The van der Waals surface area contributed by atoms with Crippen molar-refractivity contribution in [3.05, 3.63) is 16.4 Å². The smallest absolute Gasteiger partial charge is 0.0691 e. The Morgan fingerprint density at radius 2 is 2.27 bits per heavy atom. The second-order valence-electron chi connectivity index (χ2n) is 4.28. The van der Waals surface area contributed by atoms with E-state index in [0.717, 1.165) is 16.6 Å². The molecular formula is C10H18BrN3O. The summed E-state index contributed by atoms with van der Waals surface area (Å²) in [6, 6.07) is -0.0816. The topological polar surface area (TPSA) is 53.1 Å². The Kier molecular flexibility index (Phi) is 3.92. The Morgan fingerprint density at radius 3 is 2.67 bits per heavy atom. The van der Waals surface area contributed by atoms with Crippen LogP contribution in [0.2, 0.25) is 0 Å². The van der Waals surface area contributed by atoms with Gasteiger partial charge in [0.05, 0.1) is 28.0 Å². The van der Waals surface area contributed by atoms with E-state index in [-0.39, 0.29) is 11.6 Å². The molecule has 0 aliphatic rings. The fourth-order valence-electron chi connectivity index (χ4n) is 1.55. The molecule has 0 radical (unpaired) electrons. The SMILES string of the molecule is COC(C)(C)CC(N)c1c(Br)cnn1C.